The molecule has 0 fully saturated rings. The summed E-state index contributed by atoms with van der Waals surface area (Å²) in [6, 6.07) is 5.81. The van der Waals surface area contributed by atoms with Crippen molar-refractivity contribution < 1.29 is 9.53 Å². The maximum atomic E-state index is 11.0. The molecular formula is C11H14ClNO2S. The minimum atomic E-state index is -0.250. The molecule has 1 aromatic rings. The standard InChI is InChI=1S/C11H14ClNO2S/c1-13-6-8-3-4-10(9(12)5-8)16-7-11(14)15-2/h3-5,13H,6-7H2,1-2H3. The van der Waals surface area contributed by atoms with E-state index in [1.807, 2.05) is 25.2 Å². The third kappa shape index (κ3) is 4.04. The molecule has 0 saturated carbocycles. The molecule has 0 aromatic heterocycles. The van der Waals surface area contributed by atoms with Crippen LogP contribution in [0.2, 0.25) is 5.02 Å². The van der Waals surface area contributed by atoms with Gasteiger partial charge in [-0.25, -0.2) is 0 Å². The number of nitrogens with one attached hydrogen (secondary N) is 1. The van der Waals surface area contributed by atoms with Gasteiger partial charge in [0.1, 0.15) is 0 Å². The van der Waals surface area contributed by atoms with Crippen molar-refractivity contribution in [3.8, 4) is 0 Å². The first-order valence-corrected chi connectivity index (χ1v) is 6.16. The molecule has 16 heavy (non-hydrogen) atoms. The topological polar surface area (TPSA) is 38.3 Å². The number of hydrogen-bond acceptors (Lipinski definition) is 4. The minimum absolute atomic E-state index is 0.250. The van der Waals surface area contributed by atoms with Crippen LogP contribution < -0.4 is 5.32 Å². The van der Waals surface area contributed by atoms with E-state index in [2.05, 4.69) is 10.1 Å². The lowest BCUT2D eigenvalue weighted by Gasteiger charge is -2.06. The summed E-state index contributed by atoms with van der Waals surface area (Å²) in [4.78, 5) is 11.9. The smallest absolute Gasteiger partial charge is 0.315 e. The van der Waals surface area contributed by atoms with Crippen molar-refractivity contribution in [3.63, 3.8) is 0 Å². The van der Waals surface area contributed by atoms with Gasteiger partial charge in [-0.05, 0) is 24.7 Å². The molecule has 0 amide bonds. The average Bonchev–Trinajstić information content (AvgIpc) is 2.28. The molecule has 5 heteroatoms. The Kier molecular flexibility index (Phi) is 5.66. The van der Waals surface area contributed by atoms with Gasteiger partial charge in [0.25, 0.3) is 0 Å². The zero-order chi connectivity index (χ0) is 12.0. The molecule has 1 N–H and O–H groups in total. The van der Waals surface area contributed by atoms with Crippen LogP contribution in [0.3, 0.4) is 0 Å². The number of halogens is 1. The predicted octanol–water partition coefficient (Wildman–Crippen LogP) is 2.32. The van der Waals surface area contributed by atoms with E-state index < -0.39 is 0 Å². The van der Waals surface area contributed by atoms with Gasteiger partial charge in [0.15, 0.2) is 0 Å². The summed E-state index contributed by atoms with van der Waals surface area (Å²) in [5.74, 6) is 0.0297. The Labute approximate surface area is 105 Å². The SMILES string of the molecule is CNCc1ccc(SCC(=O)OC)c(Cl)c1. The Hall–Kier alpha value is -0.710. The number of benzene rings is 1. The van der Waals surface area contributed by atoms with E-state index in [1.165, 1.54) is 18.9 Å². The Morgan fingerprint density at radius 3 is 2.88 bits per heavy atom. The fourth-order valence-electron chi connectivity index (χ4n) is 1.17. The summed E-state index contributed by atoms with van der Waals surface area (Å²) in [7, 11) is 3.26. The number of methoxy groups -OCH3 is 1. The van der Waals surface area contributed by atoms with Gasteiger partial charge in [0.2, 0.25) is 0 Å². The van der Waals surface area contributed by atoms with E-state index in [0.717, 1.165) is 17.0 Å². The predicted molar refractivity (Wildman–Crippen MR) is 67.0 cm³/mol. The highest BCUT2D eigenvalue weighted by atomic mass is 35.5. The number of carbonyl (C=O) groups excluding carboxylic acids is 1. The molecule has 0 saturated heterocycles. The number of carbonyl (C=O) groups is 1. The van der Waals surface area contributed by atoms with Crippen molar-refractivity contribution in [3.05, 3.63) is 28.8 Å². The molecule has 0 heterocycles. The van der Waals surface area contributed by atoms with Gasteiger partial charge in [-0.1, -0.05) is 17.7 Å². The lowest BCUT2D eigenvalue weighted by Crippen LogP contribution is -2.05. The summed E-state index contributed by atoms with van der Waals surface area (Å²) in [6.45, 7) is 0.779. The molecule has 0 atom stereocenters. The summed E-state index contributed by atoms with van der Waals surface area (Å²) in [5.41, 5.74) is 1.12. The van der Waals surface area contributed by atoms with E-state index in [9.17, 15) is 4.79 Å². The van der Waals surface area contributed by atoms with Crippen molar-refractivity contribution in [2.75, 3.05) is 19.9 Å². The van der Waals surface area contributed by atoms with E-state index in [1.54, 1.807) is 0 Å². The van der Waals surface area contributed by atoms with Gasteiger partial charge in [-0.3, -0.25) is 4.79 Å². The lowest BCUT2D eigenvalue weighted by molar-refractivity contribution is -0.137. The quantitative estimate of drug-likeness (QED) is 0.651. The Morgan fingerprint density at radius 1 is 1.56 bits per heavy atom. The maximum absolute atomic E-state index is 11.0. The van der Waals surface area contributed by atoms with Crippen LogP contribution in [0.5, 0.6) is 0 Å². The van der Waals surface area contributed by atoms with Crippen molar-refractivity contribution in [1.82, 2.24) is 5.32 Å². The third-order valence-corrected chi connectivity index (χ3v) is 3.42. The van der Waals surface area contributed by atoms with E-state index in [4.69, 9.17) is 11.6 Å². The lowest BCUT2D eigenvalue weighted by atomic mass is 10.2. The number of ether oxygens (including phenoxy) is 1. The first-order chi connectivity index (χ1) is 7.67. The molecule has 0 bridgehead atoms. The van der Waals surface area contributed by atoms with Crippen LogP contribution in [0.4, 0.5) is 0 Å². The van der Waals surface area contributed by atoms with Gasteiger partial charge >= 0.3 is 5.97 Å². The van der Waals surface area contributed by atoms with Crippen LogP contribution in [0.15, 0.2) is 23.1 Å². The van der Waals surface area contributed by atoms with Crippen LogP contribution in [0.25, 0.3) is 0 Å². The zero-order valence-electron chi connectivity index (χ0n) is 9.25. The van der Waals surface area contributed by atoms with E-state index in [-0.39, 0.29) is 11.7 Å². The van der Waals surface area contributed by atoms with Crippen molar-refractivity contribution in [1.29, 1.82) is 0 Å². The van der Waals surface area contributed by atoms with Crippen molar-refractivity contribution in [2.45, 2.75) is 11.4 Å². The Balaban J connectivity index is 2.64. The summed E-state index contributed by atoms with van der Waals surface area (Å²) >= 11 is 7.47. The molecule has 0 aliphatic rings. The van der Waals surface area contributed by atoms with Gasteiger partial charge in [0.05, 0.1) is 17.9 Å². The van der Waals surface area contributed by atoms with Crippen LogP contribution >= 0.6 is 23.4 Å². The van der Waals surface area contributed by atoms with E-state index in [0.29, 0.717) is 5.02 Å². The highest BCUT2D eigenvalue weighted by Gasteiger charge is 2.06. The van der Waals surface area contributed by atoms with Gasteiger partial charge in [-0.15, -0.1) is 11.8 Å². The molecule has 0 aliphatic heterocycles. The maximum Gasteiger partial charge on any atom is 0.315 e. The van der Waals surface area contributed by atoms with E-state index >= 15 is 0 Å². The minimum Gasteiger partial charge on any atom is -0.468 e. The molecule has 1 rings (SSSR count). The second kappa shape index (κ2) is 6.78. The third-order valence-electron chi connectivity index (χ3n) is 1.95. The molecule has 0 radical (unpaired) electrons. The summed E-state index contributed by atoms with van der Waals surface area (Å²) < 4.78 is 4.56. The fourth-order valence-corrected chi connectivity index (χ4v) is 2.29. The Morgan fingerprint density at radius 2 is 2.31 bits per heavy atom. The van der Waals surface area contributed by atoms with Crippen LogP contribution in [-0.2, 0) is 16.1 Å². The molecule has 0 unspecified atom stereocenters. The average molecular weight is 260 g/mol. The summed E-state index contributed by atoms with van der Waals surface area (Å²) in [5, 5.41) is 3.72. The highest BCUT2D eigenvalue weighted by Crippen LogP contribution is 2.28. The van der Waals surface area contributed by atoms with Crippen LogP contribution in [-0.4, -0.2) is 25.9 Å². The van der Waals surface area contributed by atoms with Crippen LogP contribution in [0, 0.1) is 0 Å². The molecule has 1 aromatic carbocycles. The second-order valence-corrected chi connectivity index (χ2v) is 4.58. The zero-order valence-corrected chi connectivity index (χ0v) is 10.8. The number of thioether (sulfide) groups is 1. The highest BCUT2D eigenvalue weighted by molar-refractivity contribution is 8.00. The first kappa shape index (κ1) is 13.4. The van der Waals surface area contributed by atoms with Crippen molar-refractivity contribution >= 4 is 29.3 Å². The second-order valence-electron chi connectivity index (χ2n) is 3.16. The number of esters is 1. The first-order valence-electron chi connectivity index (χ1n) is 4.80. The normalized spacial score (nSPS) is 10.2. The number of hydrogen-bond donors (Lipinski definition) is 1. The molecule has 88 valence electrons. The molecule has 3 nitrogen and oxygen atoms in total. The van der Waals surface area contributed by atoms with Crippen LogP contribution in [0.1, 0.15) is 5.56 Å². The van der Waals surface area contributed by atoms with Gasteiger partial charge in [0, 0.05) is 11.4 Å². The van der Waals surface area contributed by atoms with Gasteiger partial charge < -0.3 is 10.1 Å². The largest absolute Gasteiger partial charge is 0.468 e. The molecular weight excluding hydrogens is 246 g/mol. The Bertz CT molecular complexity index is 371. The molecule has 0 aliphatic carbocycles. The monoisotopic (exact) mass is 259 g/mol. The van der Waals surface area contributed by atoms with Gasteiger partial charge in [-0.2, -0.15) is 0 Å². The van der Waals surface area contributed by atoms with Crippen molar-refractivity contribution in [2.24, 2.45) is 0 Å². The fraction of sp³-hybridized carbons (Fsp3) is 0.364. The molecule has 0 spiro atoms. The number of rotatable bonds is 5. The summed E-state index contributed by atoms with van der Waals surface area (Å²) in [6.07, 6.45) is 0.